The lowest BCUT2D eigenvalue weighted by atomic mass is 9.97. The summed E-state index contributed by atoms with van der Waals surface area (Å²) in [5, 5.41) is 8.78. The quantitative estimate of drug-likeness (QED) is 0.551. The minimum atomic E-state index is -0.267. The summed E-state index contributed by atoms with van der Waals surface area (Å²) in [5.41, 5.74) is 6.07. The van der Waals surface area contributed by atoms with Crippen LogP contribution in [0, 0.1) is 5.92 Å². The molecule has 0 aromatic carbocycles. The number of carbonyl (C=O) groups is 2. The molecule has 0 bridgehead atoms. The predicted molar refractivity (Wildman–Crippen MR) is 118 cm³/mol. The standard InChI is InChI=1S/C21H24N6O3S/c22-20(29)14-4-2-10-27(13-14)17-9-8-15(12-23-17)24-18(28)6-1-7-19-25-21(26-30-19)16-5-3-11-31-16/h3,5,8-9,11-12,14H,1-2,4,6-7,10,13H2,(H2,22,29)(H,24,28). The maximum absolute atomic E-state index is 12.2. The third-order valence-electron chi connectivity index (χ3n) is 5.18. The fourth-order valence-electron chi connectivity index (χ4n) is 3.55. The minimum absolute atomic E-state index is 0.0979. The zero-order chi connectivity index (χ0) is 21.6. The van der Waals surface area contributed by atoms with Gasteiger partial charge in [0.1, 0.15) is 5.82 Å². The van der Waals surface area contributed by atoms with Gasteiger partial charge in [-0.2, -0.15) is 4.98 Å². The molecule has 1 aliphatic heterocycles. The first-order valence-corrected chi connectivity index (χ1v) is 11.1. The number of piperidine rings is 1. The first-order chi connectivity index (χ1) is 15.1. The van der Waals surface area contributed by atoms with Gasteiger partial charge in [-0.1, -0.05) is 11.2 Å². The van der Waals surface area contributed by atoms with Gasteiger partial charge >= 0.3 is 0 Å². The van der Waals surface area contributed by atoms with Gasteiger partial charge in [0.05, 0.1) is 22.7 Å². The first-order valence-electron chi connectivity index (χ1n) is 10.2. The van der Waals surface area contributed by atoms with Crippen LogP contribution in [-0.2, 0) is 16.0 Å². The van der Waals surface area contributed by atoms with Gasteiger partial charge in [0.2, 0.25) is 23.5 Å². The Morgan fingerprint density at radius 2 is 2.23 bits per heavy atom. The largest absolute Gasteiger partial charge is 0.369 e. The number of anilines is 2. The van der Waals surface area contributed by atoms with E-state index in [1.807, 2.05) is 29.6 Å². The lowest BCUT2D eigenvalue weighted by Crippen LogP contribution is -2.41. The number of carbonyl (C=O) groups excluding carboxylic acids is 2. The van der Waals surface area contributed by atoms with Crippen molar-refractivity contribution in [3.63, 3.8) is 0 Å². The lowest BCUT2D eigenvalue weighted by Gasteiger charge is -2.32. The van der Waals surface area contributed by atoms with Gasteiger partial charge in [-0.25, -0.2) is 4.98 Å². The molecule has 2 amide bonds. The molecule has 0 spiro atoms. The van der Waals surface area contributed by atoms with Gasteiger partial charge in [0, 0.05) is 25.9 Å². The Bertz CT molecular complexity index is 1020. The summed E-state index contributed by atoms with van der Waals surface area (Å²) in [6.07, 6.45) is 4.84. The van der Waals surface area contributed by atoms with Crippen molar-refractivity contribution in [3.05, 3.63) is 41.7 Å². The summed E-state index contributed by atoms with van der Waals surface area (Å²) < 4.78 is 5.25. The molecule has 1 atom stereocenters. The van der Waals surface area contributed by atoms with Crippen molar-refractivity contribution in [2.75, 3.05) is 23.3 Å². The summed E-state index contributed by atoms with van der Waals surface area (Å²) in [4.78, 5) is 35.5. The van der Waals surface area contributed by atoms with E-state index >= 15 is 0 Å². The van der Waals surface area contributed by atoms with Crippen molar-refractivity contribution in [1.29, 1.82) is 0 Å². The van der Waals surface area contributed by atoms with Crippen molar-refractivity contribution < 1.29 is 14.1 Å². The first kappa shape index (κ1) is 21.0. The second-order valence-corrected chi connectivity index (χ2v) is 8.43. The average Bonchev–Trinajstić information content (AvgIpc) is 3.46. The van der Waals surface area contributed by atoms with E-state index in [9.17, 15) is 9.59 Å². The highest BCUT2D eigenvalue weighted by Gasteiger charge is 2.24. The van der Waals surface area contributed by atoms with Crippen LogP contribution in [0.2, 0.25) is 0 Å². The average molecular weight is 441 g/mol. The number of aromatic nitrogens is 3. The number of amides is 2. The Balaban J connectivity index is 1.23. The Hall–Kier alpha value is -3.27. The predicted octanol–water partition coefficient (Wildman–Crippen LogP) is 2.86. The lowest BCUT2D eigenvalue weighted by molar-refractivity contribution is -0.122. The van der Waals surface area contributed by atoms with Crippen molar-refractivity contribution in [1.82, 2.24) is 15.1 Å². The Labute approximate surface area is 183 Å². The van der Waals surface area contributed by atoms with Crippen LogP contribution in [0.25, 0.3) is 10.7 Å². The van der Waals surface area contributed by atoms with Crippen molar-refractivity contribution in [2.45, 2.75) is 32.1 Å². The summed E-state index contributed by atoms with van der Waals surface area (Å²) in [6, 6.07) is 7.54. The molecule has 3 aromatic rings. The van der Waals surface area contributed by atoms with Crippen molar-refractivity contribution in [2.24, 2.45) is 11.7 Å². The van der Waals surface area contributed by atoms with Gasteiger partial charge in [-0.15, -0.1) is 11.3 Å². The number of nitrogens with one attached hydrogen (secondary N) is 1. The van der Waals surface area contributed by atoms with Gasteiger partial charge < -0.3 is 20.5 Å². The van der Waals surface area contributed by atoms with E-state index in [4.69, 9.17) is 10.3 Å². The fraction of sp³-hybridized carbons (Fsp3) is 0.381. The number of hydrogen-bond donors (Lipinski definition) is 2. The van der Waals surface area contributed by atoms with E-state index in [1.54, 1.807) is 17.5 Å². The number of thiophene rings is 1. The molecule has 31 heavy (non-hydrogen) atoms. The molecule has 162 valence electrons. The molecule has 4 rings (SSSR count). The molecule has 0 aliphatic carbocycles. The zero-order valence-corrected chi connectivity index (χ0v) is 17.8. The summed E-state index contributed by atoms with van der Waals surface area (Å²) in [7, 11) is 0. The van der Waals surface area contributed by atoms with Crippen LogP contribution in [0.3, 0.4) is 0 Å². The maximum atomic E-state index is 12.2. The molecule has 4 heterocycles. The number of hydrogen-bond acceptors (Lipinski definition) is 8. The van der Waals surface area contributed by atoms with Crippen LogP contribution < -0.4 is 16.0 Å². The number of rotatable bonds is 8. The van der Waals surface area contributed by atoms with E-state index in [0.29, 0.717) is 43.2 Å². The molecule has 10 heteroatoms. The highest BCUT2D eigenvalue weighted by atomic mass is 32.1. The van der Waals surface area contributed by atoms with E-state index in [0.717, 1.165) is 30.1 Å². The van der Waals surface area contributed by atoms with E-state index in [1.165, 1.54) is 0 Å². The number of primary amides is 1. The number of nitrogens with two attached hydrogens (primary N) is 1. The maximum Gasteiger partial charge on any atom is 0.226 e. The molecular weight excluding hydrogens is 416 g/mol. The van der Waals surface area contributed by atoms with Crippen LogP contribution >= 0.6 is 11.3 Å². The second-order valence-electron chi connectivity index (χ2n) is 7.48. The normalized spacial score (nSPS) is 16.3. The third kappa shape index (κ3) is 5.46. The van der Waals surface area contributed by atoms with Crippen LogP contribution in [0.4, 0.5) is 11.5 Å². The summed E-state index contributed by atoms with van der Waals surface area (Å²) >= 11 is 1.55. The molecule has 1 unspecified atom stereocenters. The molecule has 9 nitrogen and oxygen atoms in total. The Kier molecular flexibility index (Phi) is 6.56. The third-order valence-corrected chi connectivity index (χ3v) is 6.05. The zero-order valence-electron chi connectivity index (χ0n) is 17.0. The molecular formula is C21H24N6O3S. The minimum Gasteiger partial charge on any atom is -0.369 e. The molecule has 3 N–H and O–H groups in total. The van der Waals surface area contributed by atoms with E-state index in [2.05, 4.69) is 25.3 Å². The van der Waals surface area contributed by atoms with Gasteiger partial charge in [0.25, 0.3) is 0 Å². The van der Waals surface area contributed by atoms with Gasteiger partial charge in [-0.05, 0) is 42.8 Å². The highest BCUT2D eigenvalue weighted by molar-refractivity contribution is 7.13. The van der Waals surface area contributed by atoms with E-state index in [-0.39, 0.29) is 17.7 Å². The van der Waals surface area contributed by atoms with Crippen LogP contribution in [0.1, 0.15) is 31.6 Å². The van der Waals surface area contributed by atoms with E-state index < -0.39 is 0 Å². The summed E-state index contributed by atoms with van der Waals surface area (Å²) in [6.45, 7) is 1.42. The molecule has 0 radical (unpaired) electrons. The second kappa shape index (κ2) is 9.69. The SMILES string of the molecule is NC(=O)C1CCCN(c2ccc(NC(=O)CCCc3nc(-c4cccs4)no3)cn2)C1. The fourth-order valence-corrected chi connectivity index (χ4v) is 4.20. The highest BCUT2D eigenvalue weighted by Crippen LogP contribution is 2.23. The van der Waals surface area contributed by atoms with Crippen LogP contribution in [-0.4, -0.2) is 40.0 Å². The topological polar surface area (TPSA) is 127 Å². The Morgan fingerprint density at radius 3 is 2.97 bits per heavy atom. The number of nitrogens with zero attached hydrogens (tertiary/aromatic N) is 4. The number of aryl methyl sites for hydroxylation is 1. The van der Waals surface area contributed by atoms with Gasteiger partial charge in [-0.3, -0.25) is 9.59 Å². The molecule has 1 aliphatic rings. The van der Waals surface area contributed by atoms with Crippen LogP contribution in [0.15, 0.2) is 40.4 Å². The van der Waals surface area contributed by atoms with Gasteiger partial charge in [0.15, 0.2) is 0 Å². The Morgan fingerprint density at radius 1 is 1.32 bits per heavy atom. The molecule has 1 saturated heterocycles. The van der Waals surface area contributed by atoms with Crippen molar-refractivity contribution >= 4 is 34.7 Å². The molecule has 0 saturated carbocycles. The summed E-state index contributed by atoms with van der Waals surface area (Å²) in [5.74, 6) is 1.38. The molecule has 1 fully saturated rings. The van der Waals surface area contributed by atoms with Crippen LogP contribution in [0.5, 0.6) is 0 Å². The monoisotopic (exact) mass is 440 g/mol. The van der Waals surface area contributed by atoms with Crippen molar-refractivity contribution in [3.8, 4) is 10.7 Å². The smallest absolute Gasteiger partial charge is 0.226 e. The molecule has 3 aromatic heterocycles. The number of pyridine rings is 1.